The number of hydrogen-bond acceptors (Lipinski definition) is 6. The highest BCUT2D eigenvalue weighted by Gasteiger charge is 2.26. The van der Waals surface area contributed by atoms with Crippen LogP contribution in [0.5, 0.6) is 5.75 Å². The third-order valence-electron chi connectivity index (χ3n) is 4.52. The number of carbonyl (C=O) groups excluding carboxylic acids is 2. The van der Waals surface area contributed by atoms with E-state index in [-0.39, 0.29) is 24.2 Å². The number of nitrogens with zero attached hydrogens (tertiary/aromatic N) is 1. The summed E-state index contributed by atoms with van der Waals surface area (Å²) in [5.41, 5.74) is -0.0674. The van der Waals surface area contributed by atoms with E-state index in [2.05, 4.69) is 12.2 Å². The predicted octanol–water partition coefficient (Wildman–Crippen LogP) is 2.60. The van der Waals surface area contributed by atoms with Gasteiger partial charge < -0.3 is 14.8 Å². The predicted molar refractivity (Wildman–Crippen MR) is 93.7 cm³/mol. The average Bonchev–Trinajstić information content (AvgIpc) is 2.62. The molecule has 1 saturated carbocycles. The van der Waals surface area contributed by atoms with Gasteiger partial charge in [0, 0.05) is 18.2 Å². The lowest BCUT2D eigenvalue weighted by Crippen LogP contribution is -2.46. The molecular formula is C18H24N2O6. The summed E-state index contributed by atoms with van der Waals surface area (Å²) in [6.07, 6.45) is 3.39. The molecule has 0 aromatic heterocycles. The number of hydrogen-bond donors (Lipinski definition) is 1. The summed E-state index contributed by atoms with van der Waals surface area (Å²) < 4.78 is 10.3. The zero-order chi connectivity index (χ0) is 19.1. The molecule has 26 heavy (non-hydrogen) atoms. The van der Waals surface area contributed by atoms with Crippen molar-refractivity contribution in [3.05, 3.63) is 34.4 Å². The van der Waals surface area contributed by atoms with E-state index in [1.54, 1.807) is 0 Å². The summed E-state index contributed by atoms with van der Waals surface area (Å²) in [6.45, 7) is 3.25. The van der Waals surface area contributed by atoms with Gasteiger partial charge in [-0.3, -0.25) is 14.9 Å². The van der Waals surface area contributed by atoms with Crippen LogP contribution in [0.15, 0.2) is 24.3 Å². The van der Waals surface area contributed by atoms with Crippen LogP contribution in [0, 0.1) is 16.0 Å². The van der Waals surface area contributed by atoms with Crippen LogP contribution in [0.2, 0.25) is 0 Å². The highest BCUT2D eigenvalue weighted by molar-refractivity contribution is 5.83. The number of nitro benzene ring substituents is 1. The van der Waals surface area contributed by atoms with Crippen LogP contribution in [-0.4, -0.2) is 35.6 Å². The van der Waals surface area contributed by atoms with Gasteiger partial charge in [0.15, 0.2) is 12.7 Å². The smallest absolute Gasteiger partial charge is 0.344 e. The molecule has 1 amide bonds. The quantitative estimate of drug-likeness (QED) is 0.453. The molecule has 1 fully saturated rings. The maximum atomic E-state index is 12.2. The number of non-ortho nitro benzene ring substituents is 1. The molecule has 0 spiro atoms. The monoisotopic (exact) mass is 364 g/mol. The van der Waals surface area contributed by atoms with E-state index in [1.807, 2.05) is 0 Å². The van der Waals surface area contributed by atoms with Crippen molar-refractivity contribution in [2.24, 2.45) is 5.92 Å². The Balaban J connectivity index is 1.75. The molecule has 1 aromatic rings. The lowest BCUT2D eigenvalue weighted by atomic mass is 9.86. The maximum absolute atomic E-state index is 12.2. The largest absolute Gasteiger partial charge is 0.482 e. The van der Waals surface area contributed by atoms with Crippen molar-refractivity contribution < 1.29 is 24.0 Å². The Bertz CT molecular complexity index is 646. The van der Waals surface area contributed by atoms with Crippen molar-refractivity contribution in [3.63, 3.8) is 0 Å². The molecule has 1 aliphatic rings. The van der Waals surface area contributed by atoms with Gasteiger partial charge in [-0.1, -0.05) is 19.8 Å². The first kappa shape index (κ1) is 19.7. The van der Waals surface area contributed by atoms with Crippen LogP contribution in [0.25, 0.3) is 0 Å². The van der Waals surface area contributed by atoms with E-state index in [0.29, 0.717) is 11.7 Å². The summed E-state index contributed by atoms with van der Waals surface area (Å²) in [6, 6.07) is 5.47. The van der Waals surface area contributed by atoms with E-state index >= 15 is 0 Å². The number of nitro groups is 1. The van der Waals surface area contributed by atoms with Crippen LogP contribution in [-0.2, 0) is 14.3 Å². The van der Waals surface area contributed by atoms with Gasteiger partial charge in [0.25, 0.3) is 11.6 Å². The van der Waals surface area contributed by atoms with Crippen LogP contribution >= 0.6 is 0 Å². The lowest BCUT2D eigenvalue weighted by molar-refractivity contribution is -0.384. The molecule has 142 valence electrons. The van der Waals surface area contributed by atoms with Crippen molar-refractivity contribution in [2.45, 2.75) is 51.7 Å². The topological polar surface area (TPSA) is 108 Å². The SMILES string of the molecule is C[C@@H](OC(=O)COc1ccc([N+](=O)[O-])cc1)C(=O)N[C@H]1CCCC[C@@H]1C. The van der Waals surface area contributed by atoms with Crippen LogP contribution in [0.3, 0.4) is 0 Å². The van der Waals surface area contributed by atoms with E-state index in [0.717, 1.165) is 19.3 Å². The standard InChI is InChI=1S/C18H24N2O6/c1-12-5-3-4-6-16(12)19-18(22)13(2)26-17(21)11-25-15-9-7-14(8-10-15)20(23)24/h7-10,12-13,16H,3-6,11H2,1-2H3,(H,19,22)/t12-,13+,16-/m0/s1. The molecule has 1 aromatic carbocycles. The molecule has 2 rings (SSSR count). The first-order chi connectivity index (χ1) is 12.4. The van der Waals surface area contributed by atoms with Crippen LogP contribution in [0.4, 0.5) is 5.69 Å². The Morgan fingerprint density at radius 2 is 1.92 bits per heavy atom. The fourth-order valence-electron chi connectivity index (χ4n) is 2.92. The van der Waals surface area contributed by atoms with E-state index in [4.69, 9.17) is 9.47 Å². The molecule has 3 atom stereocenters. The molecule has 0 unspecified atom stereocenters. The second-order valence-electron chi connectivity index (χ2n) is 6.55. The van der Waals surface area contributed by atoms with Crippen molar-refractivity contribution in [1.29, 1.82) is 0 Å². The second kappa shape index (κ2) is 9.17. The summed E-state index contributed by atoms with van der Waals surface area (Å²) in [4.78, 5) is 34.1. The highest BCUT2D eigenvalue weighted by Crippen LogP contribution is 2.23. The first-order valence-electron chi connectivity index (χ1n) is 8.74. The van der Waals surface area contributed by atoms with Gasteiger partial charge in [-0.05, 0) is 37.8 Å². The van der Waals surface area contributed by atoms with Crippen molar-refractivity contribution >= 4 is 17.6 Å². The minimum atomic E-state index is -0.905. The summed E-state index contributed by atoms with van der Waals surface area (Å²) in [5, 5.41) is 13.5. The summed E-state index contributed by atoms with van der Waals surface area (Å²) >= 11 is 0. The van der Waals surface area contributed by atoms with Gasteiger partial charge in [-0.2, -0.15) is 0 Å². The Kier molecular flexibility index (Phi) is 6.94. The molecule has 8 nitrogen and oxygen atoms in total. The van der Waals surface area contributed by atoms with Crippen LogP contribution in [0.1, 0.15) is 39.5 Å². The van der Waals surface area contributed by atoms with Gasteiger partial charge in [0.1, 0.15) is 5.75 Å². The number of rotatable bonds is 7. The molecule has 0 bridgehead atoms. The fraction of sp³-hybridized carbons (Fsp3) is 0.556. The fourth-order valence-corrected chi connectivity index (χ4v) is 2.92. The Labute approximate surface area is 152 Å². The van der Waals surface area contributed by atoms with Crippen molar-refractivity contribution in [1.82, 2.24) is 5.32 Å². The number of amides is 1. The Hall–Kier alpha value is -2.64. The van der Waals surface area contributed by atoms with Crippen LogP contribution < -0.4 is 10.1 Å². The molecule has 1 N–H and O–H groups in total. The number of nitrogens with one attached hydrogen (secondary N) is 1. The summed E-state index contributed by atoms with van der Waals surface area (Å²) in [7, 11) is 0. The third-order valence-corrected chi connectivity index (χ3v) is 4.52. The van der Waals surface area contributed by atoms with Gasteiger partial charge in [0.2, 0.25) is 0 Å². The Morgan fingerprint density at radius 3 is 2.54 bits per heavy atom. The van der Waals surface area contributed by atoms with E-state index < -0.39 is 17.0 Å². The summed E-state index contributed by atoms with van der Waals surface area (Å²) in [5.74, 6) is -0.267. The minimum Gasteiger partial charge on any atom is -0.482 e. The number of benzene rings is 1. The van der Waals surface area contributed by atoms with E-state index in [9.17, 15) is 19.7 Å². The normalized spacial score (nSPS) is 20.7. The van der Waals surface area contributed by atoms with Gasteiger partial charge in [0.05, 0.1) is 4.92 Å². The molecule has 0 heterocycles. The Morgan fingerprint density at radius 1 is 1.27 bits per heavy atom. The average molecular weight is 364 g/mol. The second-order valence-corrected chi connectivity index (χ2v) is 6.55. The van der Waals surface area contributed by atoms with Crippen molar-refractivity contribution in [2.75, 3.05) is 6.61 Å². The number of ether oxygens (including phenoxy) is 2. The number of esters is 1. The lowest BCUT2D eigenvalue weighted by Gasteiger charge is -2.30. The highest BCUT2D eigenvalue weighted by atomic mass is 16.6. The van der Waals surface area contributed by atoms with E-state index in [1.165, 1.54) is 37.6 Å². The molecule has 0 saturated heterocycles. The maximum Gasteiger partial charge on any atom is 0.344 e. The molecular weight excluding hydrogens is 340 g/mol. The number of carbonyl (C=O) groups is 2. The zero-order valence-corrected chi connectivity index (χ0v) is 15.0. The van der Waals surface area contributed by atoms with Gasteiger partial charge in [-0.15, -0.1) is 0 Å². The minimum absolute atomic E-state index is 0.0674. The molecule has 1 aliphatic carbocycles. The van der Waals surface area contributed by atoms with Gasteiger partial charge in [-0.25, -0.2) is 4.79 Å². The molecule has 8 heteroatoms. The molecule has 0 radical (unpaired) electrons. The third kappa shape index (κ3) is 5.72. The van der Waals surface area contributed by atoms with Gasteiger partial charge >= 0.3 is 5.97 Å². The molecule has 0 aliphatic heterocycles. The van der Waals surface area contributed by atoms with Crippen molar-refractivity contribution in [3.8, 4) is 5.75 Å². The first-order valence-corrected chi connectivity index (χ1v) is 8.74. The zero-order valence-electron chi connectivity index (χ0n) is 15.0.